The van der Waals surface area contributed by atoms with Crippen molar-refractivity contribution in [3.8, 4) is 0 Å². The number of carbonyl (C=O) groups excluding carboxylic acids is 1. The number of hydrogen-bond donors (Lipinski definition) is 1. The second kappa shape index (κ2) is 11.2. The molecule has 3 rings (SSSR count). The number of benzene rings is 2. The van der Waals surface area contributed by atoms with E-state index in [1.807, 2.05) is 32.9 Å². The van der Waals surface area contributed by atoms with E-state index in [0.29, 0.717) is 12.2 Å². The third-order valence-electron chi connectivity index (χ3n) is 6.59. The fourth-order valence-electron chi connectivity index (χ4n) is 4.15. The first kappa shape index (κ1) is 25.2. The zero-order valence-electron chi connectivity index (χ0n) is 20.3. The van der Waals surface area contributed by atoms with Crippen LogP contribution in [-0.4, -0.2) is 51.9 Å². The highest BCUT2D eigenvalue weighted by atomic mass is 32.2. The highest BCUT2D eigenvalue weighted by Gasteiger charge is 2.28. The molecule has 0 aliphatic carbocycles. The van der Waals surface area contributed by atoms with Gasteiger partial charge in [-0.3, -0.25) is 9.10 Å². The molecule has 0 spiro atoms. The normalized spacial score (nSPS) is 15.4. The smallest absolute Gasteiger partial charge is 0.264 e. The molecular weight excluding hydrogens is 434 g/mol. The van der Waals surface area contributed by atoms with E-state index in [4.69, 9.17) is 0 Å². The van der Waals surface area contributed by atoms with E-state index >= 15 is 0 Å². The van der Waals surface area contributed by atoms with Gasteiger partial charge in [-0.25, -0.2) is 8.42 Å². The van der Waals surface area contributed by atoms with Gasteiger partial charge in [-0.2, -0.15) is 0 Å². The second-order valence-electron chi connectivity index (χ2n) is 9.27. The minimum absolute atomic E-state index is 0.182. The molecule has 0 atom stereocenters. The Morgan fingerprint density at radius 3 is 2.39 bits per heavy atom. The van der Waals surface area contributed by atoms with Crippen molar-refractivity contribution in [2.45, 2.75) is 51.9 Å². The molecule has 2 aromatic carbocycles. The Balaban J connectivity index is 1.70. The van der Waals surface area contributed by atoms with Crippen molar-refractivity contribution in [2.75, 3.05) is 37.0 Å². The second-order valence-corrected chi connectivity index (χ2v) is 11.1. The van der Waals surface area contributed by atoms with Crippen LogP contribution in [-0.2, 0) is 14.8 Å². The molecule has 0 saturated carbocycles. The Bertz CT molecular complexity index is 1040. The molecule has 2 aromatic rings. The van der Waals surface area contributed by atoms with Gasteiger partial charge in [0.1, 0.15) is 6.54 Å². The summed E-state index contributed by atoms with van der Waals surface area (Å²) in [5, 5.41) is 2.93. The Labute approximate surface area is 199 Å². The number of sulfonamides is 1. The summed E-state index contributed by atoms with van der Waals surface area (Å²) in [5.74, 6) is 0.506. The molecule has 1 heterocycles. The Hall–Kier alpha value is -2.38. The number of hydrogen-bond acceptors (Lipinski definition) is 4. The molecule has 6 nitrogen and oxygen atoms in total. The summed E-state index contributed by atoms with van der Waals surface area (Å²) < 4.78 is 28.3. The highest BCUT2D eigenvalue weighted by molar-refractivity contribution is 7.92. The minimum Gasteiger partial charge on any atom is -0.354 e. The number of rotatable bonds is 9. The number of amides is 1. The third-order valence-corrected chi connectivity index (χ3v) is 8.36. The van der Waals surface area contributed by atoms with Gasteiger partial charge in [0.2, 0.25) is 5.91 Å². The van der Waals surface area contributed by atoms with Crippen molar-refractivity contribution < 1.29 is 13.2 Å². The van der Waals surface area contributed by atoms with E-state index in [9.17, 15) is 13.2 Å². The summed E-state index contributed by atoms with van der Waals surface area (Å²) in [6.45, 7) is 11.5. The number of nitrogens with zero attached hydrogens (tertiary/aromatic N) is 2. The van der Waals surface area contributed by atoms with Crippen molar-refractivity contribution in [3.63, 3.8) is 0 Å². The van der Waals surface area contributed by atoms with Gasteiger partial charge in [-0.05, 0) is 94.9 Å². The van der Waals surface area contributed by atoms with Crippen LogP contribution in [0.25, 0.3) is 0 Å². The summed E-state index contributed by atoms with van der Waals surface area (Å²) in [6.07, 6.45) is 3.32. The number of anilines is 1. The summed E-state index contributed by atoms with van der Waals surface area (Å²) >= 11 is 0. The summed E-state index contributed by atoms with van der Waals surface area (Å²) in [7, 11) is -3.89. The van der Waals surface area contributed by atoms with Crippen LogP contribution in [0.15, 0.2) is 47.4 Å². The van der Waals surface area contributed by atoms with Gasteiger partial charge in [0.25, 0.3) is 10.0 Å². The predicted molar refractivity (Wildman–Crippen MR) is 134 cm³/mol. The quantitative estimate of drug-likeness (QED) is 0.560. The molecule has 0 bridgehead atoms. The standard InChI is InChI=1S/C26H37N3O3S/c1-20-9-11-24(12-10-20)33(31,32)29(25-8-5-7-22(3)23(25)4)19-26(30)27-15-6-16-28-17-13-21(2)14-18-28/h5,7-12,21H,6,13-19H2,1-4H3,(H,27,30). The maximum atomic E-state index is 13.5. The van der Waals surface area contributed by atoms with Crippen LogP contribution in [0.2, 0.25) is 0 Å². The van der Waals surface area contributed by atoms with Crippen molar-refractivity contribution in [3.05, 3.63) is 59.2 Å². The van der Waals surface area contributed by atoms with Crippen LogP contribution in [0, 0.1) is 26.7 Å². The summed E-state index contributed by atoms with van der Waals surface area (Å²) in [5.41, 5.74) is 3.34. The van der Waals surface area contributed by atoms with E-state index in [1.54, 1.807) is 30.3 Å². The average molecular weight is 472 g/mol. The molecule has 1 fully saturated rings. The minimum atomic E-state index is -3.89. The molecule has 1 amide bonds. The van der Waals surface area contributed by atoms with Crippen LogP contribution in [0.1, 0.15) is 42.9 Å². The van der Waals surface area contributed by atoms with E-state index < -0.39 is 10.0 Å². The topological polar surface area (TPSA) is 69.7 Å². The van der Waals surface area contributed by atoms with Crippen molar-refractivity contribution in [1.29, 1.82) is 0 Å². The van der Waals surface area contributed by atoms with Crippen LogP contribution >= 0.6 is 0 Å². The molecule has 0 radical (unpaired) electrons. The zero-order valence-corrected chi connectivity index (χ0v) is 21.1. The van der Waals surface area contributed by atoms with E-state index in [-0.39, 0.29) is 17.3 Å². The van der Waals surface area contributed by atoms with Gasteiger partial charge in [0.15, 0.2) is 0 Å². The van der Waals surface area contributed by atoms with Crippen molar-refractivity contribution in [2.24, 2.45) is 5.92 Å². The highest BCUT2D eigenvalue weighted by Crippen LogP contribution is 2.28. The largest absolute Gasteiger partial charge is 0.354 e. The van der Waals surface area contributed by atoms with Gasteiger partial charge in [0.05, 0.1) is 10.6 Å². The zero-order chi connectivity index (χ0) is 24.0. The molecule has 0 unspecified atom stereocenters. The molecule has 1 aliphatic heterocycles. The SMILES string of the molecule is Cc1ccc(S(=O)(=O)N(CC(=O)NCCCN2CCC(C)CC2)c2cccc(C)c2C)cc1. The lowest BCUT2D eigenvalue weighted by atomic mass is 9.99. The average Bonchev–Trinajstić information content (AvgIpc) is 2.78. The number of nitrogens with one attached hydrogen (secondary N) is 1. The van der Waals surface area contributed by atoms with Gasteiger partial charge in [0, 0.05) is 6.54 Å². The lowest BCUT2D eigenvalue weighted by Gasteiger charge is -2.30. The molecule has 180 valence electrons. The first-order chi connectivity index (χ1) is 15.7. The molecule has 0 aromatic heterocycles. The van der Waals surface area contributed by atoms with Gasteiger partial charge < -0.3 is 10.2 Å². The van der Waals surface area contributed by atoms with E-state index in [1.165, 1.54) is 17.1 Å². The summed E-state index contributed by atoms with van der Waals surface area (Å²) in [4.78, 5) is 15.4. The molecule has 1 aliphatic rings. The lowest BCUT2D eigenvalue weighted by Crippen LogP contribution is -2.42. The molecule has 33 heavy (non-hydrogen) atoms. The number of likely N-dealkylation sites (tertiary alicyclic amines) is 1. The fraction of sp³-hybridized carbons (Fsp3) is 0.500. The third kappa shape index (κ3) is 6.58. The number of carbonyl (C=O) groups is 1. The molecule has 1 saturated heterocycles. The van der Waals surface area contributed by atoms with Crippen molar-refractivity contribution >= 4 is 21.6 Å². The first-order valence-corrected chi connectivity index (χ1v) is 13.3. The Morgan fingerprint density at radius 1 is 1.06 bits per heavy atom. The monoisotopic (exact) mass is 471 g/mol. The van der Waals surface area contributed by atoms with Crippen LogP contribution in [0.4, 0.5) is 5.69 Å². The van der Waals surface area contributed by atoms with E-state index in [2.05, 4.69) is 17.1 Å². The first-order valence-electron chi connectivity index (χ1n) is 11.8. The maximum absolute atomic E-state index is 13.5. The Morgan fingerprint density at radius 2 is 1.73 bits per heavy atom. The van der Waals surface area contributed by atoms with Gasteiger partial charge in [-0.1, -0.05) is 36.8 Å². The van der Waals surface area contributed by atoms with Crippen LogP contribution in [0.3, 0.4) is 0 Å². The maximum Gasteiger partial charge on any atom is 0.264 e. The van der Waals surface area contributed by atoms with Crippen LogP contribution < -0.4 is 9.62 Å². The van der Waals surface area contributed by atoms with Gasteiger partial charge in [-0.15, -0.1) is 0 Å². The summed E-state index contributed by atoms with van der Waals surface area (Å²) in [6, 6.07) is 12.3. The Kier molecular flexibility index (Phi) is 8.54. The van der Waals surface area contributed by atoms with Crippen molar-refractivity contribution in [1.82, 2.24) is 10.2 Å². The molecule has 7 heteroatoms. The number of aryl methyl sites for hydroxylation is 2. The van der Waals surface area contributed by atoms with Crippen LogP contribution in [0.5, 0.6) is 0 Å². The molecule has 1 N–H and O–H groups in total. The molecular formula is C26H37N3O3S. The predicted octanol–water partition coefficient (Wildman–Crippen LogP) is 4.05. The lowest BCUT2D eigenvalue weighted by molar-refractivity contribution is -0.119. The van der Waals surface area contributed by atoms with Gasteiger partial charge >= 0.3 is 0 Å². The van der Waals surface area contributed by atoms with E-state index in [0.717, 1.165) is 48.7 Å². The fourth-order valence-corrected chi connectivity index (χ4v) is 5.62. The number of piperidine rings is 1.